The molecule has 0 saturated carbocycles. The van der Waals surface area contributed by atoms with Crippen LogP contribution in [0.5, 0.6) is 0 Å². The average Bonchev–Trinajstić information content (AvgIpc) is 3.53. The molecule has 0 aromatic rings. The number of ketones is 1. The molecule has 12 heteroatoms. The van der Waals surface area contributed by atoms with Gasteiger partial charge in [0.15, 0.2) is 12.1 Å². The second-order valence-electron chi connectivity index (χ2n) is 13.4. The van der Waals surface area contributed by atoms with Gasteiger partial charge in [-0.3, -0.25) is 14.4 Å². The first-order chi connectivity index (χ1) is 22.7. The van der Waals surface area contributed by atoms with Gasteiger partial charge in [-0.25, -0.2) is 0 Å². The van der Waals surface area contributed by atoms with Crippen molar-refractivity contribution in [2.45, 2.75) is 118 Å². The van der Waals surface area contributed by atoms with E-state index >= 15 is 0 Å². The van der Waals surface area contributed by atoms with Gasteiger partial charge in [0.25, 0.3) is 0 Å². The summed E-state index contributed by atoms with van der Waals surface area (Å²) in [6.45, 7) is 18.0. The summed E-state index contributed by atoms with van der Waals surface area (Å²) in [5.41, 5.74) is 0. The fourth-order valence-corrected chi connectivity index (χ4v) is 6.32. The Morgan fingerprint density at radius 3 is 2.23 bits per heavy atom. The van der Waals surface area contributed by atoms with Gasteiger partial charge < -0.3 is 44.1 Å². The number of ether oxygens (including phenoxy) is 4. The van der Waals surface area contributed by atoms with E-state index in [1.165, 1.54) is 0 Å². The first kappa shape index (κ1) is 46.3. The van der Waals surface area contributed by atoms with Crippen molar-refractivity contribution >= 4 is 17.7 Å². The Morgan fingerprint density at radius 2 is 1.69 bits per heavy atom. The van der Waals surface area contributed by atoms with E-state index in [2.05, 4.69) is 12.2 Å². The molecule has 1 amide bonds. The van der Waals surface area contributed by atoms with E-state index in [9.17, 15) is 19.5 Å². The zero-order valence-electron chi connectivity index (χ0n) is 32.8. The van der Waals surface area contributed by atoms with Gasteiger partial charge in [-0.15, -0.1) is 0 Å². The van der Waals surface area contributed by atoms with Crippen LogP contribution in [-0.2, 0) is 33.3 Å². The van der Waals surface area contributed by atoms with Crippen molar-refractivity contribution in [1.82, 2.24) is 20.0 Å². The van der Waals surface area contributed by atoms with Crippen LogP contribution in [0.3, 0.4) is 0 Å². The van der Waals surface area contributed by atoms with Crippen molar-refractivity contribution in [3.63, 3.8) is 0 Å². The Kier molecular flexibility index (Phi) is 23.6. The molecule has 0 spiro atoms. The maximum atomic E-state index is 13.7. The Morgan fingerprint density at radius 1 is 1.06 bits per heavy atom. The van der Waals surface area contributed by atoms with Crippen LogP contribution in [0.1, 0.15) is 81.1 Å². The fourth-order valence-electron chi connectivity index (χ4n) is 6.32. The molecule has 2 aliphatic heterocycles. The highest BCUT2D eigenvalue weighted by atomic mass is 16.7. The molecule has 2 N–H and O–H groups in total. The van der Waals surface area contributed by atoms with E-state index in [1.807, 2.05) is 84.6 Å². The molecule has 12 nitrogen and oxygen atoms in total. The molecule has 0 aliphatic carbocycles. The molecule has 10 atom stereocenters. The number of hydrogen-bond acceptors (Lipinski definition) is 11. The number of nitrogens with one attached hydrogen (secondary N) is 1. The summed E-state index contributed by atoms with van der Waals surface area (Å²) < 4.78 is 23.9. The van der Waals surface area contributed by atoms with Gasteiger partial charge in [0, 0.05) is 32.2 Å². The van der Waals surface area contributed by atoms with Gasteiger partial charge in [0.05, 0.1) is 31.5 Å². The fraction of sp³-hybridized carbons (Fsp3) is 0.917. The first-order valence-corrected chi connectivity index (χ1v) is 18.2. The predicted molar refractivity (Wildman–Crippen MR) is 191 cm³/mol. The molecule has 2 rings (SSSR count). The topological polar surface area (TPSA) is 130 Å². The molecule has 0 aromatic heterocycles. The summed E-state index contributed by atoms with van der Waals surface area (Å²) in [5, 5.41) is 14.3. The Labute approximate surface area is 292 Å². The third kappa shape index (κ3) is 15.1. The van der Waals surface area contributed by atoms with Crippen LogP contribution >= 0.6 is 0 Å². The van der Waals surface area contributed by atoms with Gasteiger partial charge in [-0.1, -0.05) is 41.5 Å². The number of esters is 1. The number of aliphatic hydroxyl groups excluding tert-OH is 1. The highest BCUT2D eigenvalue weighted by molar-refractivity contribution is 5.99. The number of carbonyl (C=O) groups excluding carboxylic acids is 3. The Balaban J connectivity index is 0.00000531. The molecule has 0 aromatic carbocycles. The van der Waals surface area contributed by atoms with E-state index in [4.69, 9.17) is 18.9 Å². The third-order valence-electron chi connectivity index (χ3n) is 9.01. The van der Waals surface area contributed by atoms with Crippen molar-refractivity contribution in [3.05, 3.63) is 0 Å². The first-order valence-electron chi connectivity index (χ1n) is 18.2. The normalized spacial score (nSPS) is 25.6. The average molecular weight is 689 g/mol. The molecule has 0 bridgehead atoms. The van der Waals surface area contributed by atoms with Crippen LogP contribution in [0.15, 0.2) is 0 Å². The van der Waals surface area contributed by atoms with Crippen LogP contribution in [0.25, 0.3) is 0 Å². The summed E-state index contributed by atoms with van der Waals surface area (Å²) in [4.78, 5) is 44.8. The zero-order chi connectivity index (χ0) is 37.1. The quantitative estimate of drug-likeness (QED) is 0.163. The lowest BCUT2D eigenvalue weighted by Gasteiger charge is -2.43. The molecule has 284 valence electrons. The number of Topliss-reactive ketones (excluding diaryl/α,β-unsaturated/α-hetero) is 1. The van der Waals surface area contributed by atoms with Crippen LogP contribution < -0.4 is 5.32 Å². The minimum atomic E-state index is -1.00. The van der Waals surface area contributed by atoms with Gasteiger partial charge in [-0.05, 0) is 93.1 Å². The van der Waals surface area contributed by atoms with Crippen LogP contribution in [-0.4, -0.2) is 149 Å². The Bertz CT molecular complexity index is 907. The summed E-state index contributed by atoms with van der Waals surface area (Å²) in [6.07, 6.45) is -0.529. The smallest absolute Gasteiger partial charge is 0.316 e. The van der Waals surface area contributed by atoms with Gasteiger partial charge in [0.1, 0.15) is 12.0 Å². The van der Waals surface area contributed by atoms with E-state index in [1.54, 1.807) is 21.0 Å². The minimum Gasteiger partial charge on any atom is -0.465 e. The molecule has 2 aliphatic rings. The number of methoxy groups -OCH3 is 1. The summed E-state index contributed by atoms with van der Waals surface area (Å²) in [5.74, 6) is -2.05. The molecule has 6 unspecified atom stereocenters. The lowest BCUT2D eigenvalue weighted by atomic mass is 9.85. The van der Waals surface area contributed by atoms with E-state index in [0.29, 0.717) is 38.9 Å². The molecular weight excluding hydrogens is 616 g/mol. The maximum Gasteiger partial charge on any atom is 0.316 e. The Hall–Kier alpha value is -1.67. The molecule has 2 fully saturated rings. The molecule has 0 radical (unpaired) electrons. The third-order valence-corrected chi connectivity index (χ3v) is 9.01. The SMILES string of the molecule is CC.CC.CNC[C@H](C)CC(OC)[C@H](OC1OC(C)CC(N(C)C)[C@H]1O)[C@@H](C)C(=O)C(C)C(=O)OCCC1CCN(C(=O)CN(C)C)C1. The highest BCUT2D eigenvalue weighted by Crippen LogP contribution is 2.30. The maximum absolute atomic E-state index is 13.7. The van der Waals surface area contributed by atoms with Crippen molar-refractivity contribution in [3.8, 4) is 0 Å². The summed E-state index contributed by atoms with van der Waals surface area (Å²) in [7, 11) is 11.0. The predicted octanol–water partition coefficient (Wildman–Crippen LogP) is 3.30. The largest absolute Gasteiger partial charge is 0.465 e. The van der Waals surface area contributed by atoms with E-state index < -0.39 is 42.4 Å². The molecule has 48 heavy (non-hydrogen) atoms. The number of hydrogen-bond donors (Lipinski definition) is 2. The second-order valence-corrected chi connectivity index (χ2v) is 13.4. The monoisotopic (exact) mass is 689 g/mol. The summed E-state index contributed by atoms with van der Waals surface area (Å²) >= 11 is 0. The van der Waals surface area contributed by atoms with Crippen molar-refractivity contribution in [1.29, 1.82) is 0 Å². The number of amides is 1. The van der Waals surface area contributed by atoms with Crippen LogP contribution in [0, 0.1) is 23.7 Å². The van der Waals surface area contributed by atoms with Gasteiger partial charge in [0.2, 0.25) is 5.91 Å². The van der Waals surface area contributed by atoms with Crippen molar-refractivity contribution in [2.75, 3.05) is 75.1 Å². The van der Waals surface area contributed by atoms with E-state index in [-0.39, 0.29) is 42.3 Å². The number of nitrogens with zero attached hydrogens (tertiary/aromatic N) is 3. The lowest BCUT2D eigenvalue weighted by Crippen LogP contribution is -2.57. The molecule has 2 heterocycles. The van der Waals surface area contributed by atoms with E-state index in [0.717, 1.165) is 13.0 Å². The van der Waals surface area contributed by atoms with Gasteiger partial charge >= 0.3 is 5.97 Å². The highest BCUT2D eigenvalue weighted by Gasteiger charge is 2.44. The zero-order valence-corrected chi connectivity index (χ0v) is 32.8. The van der Waals surface area contributed by atoms with Crippen LogP contribution in [0.2, 0.25) is 0 Å². The van der Waals surface area contributed by atoms with Crippen molar-refractivity contribution in [2.24, 2.45) is 23.7 Å². The molecular formula is C36H72N4O8. The standard InChI is InChI=1S/C32H60N4O8.2C2H6/c1-20(17-33-5)15-26(41-10)30(44-32-29(39)25(35(8)9)16-21(2)43-32)22(3)28(38)23(4)31(40)42-14-12-24-11-13-36(18-24)27(37)19-34(6)7;2*1-2/h20-26,29-30,32-33,39H,11-19H2,1-10H3;2*1-2H3/t20-,21?,22+,23?,24?,25?,26?,29-,30-,32?;;/m1../s1. The number of carbonyl (C=O) groups is 3. The number of rotatable bonds is 18. The minimum absolute atomic E-state index is 0.104. The van der Waals surface area contributed by atoms with Crippen LogP contribution in [0.4, 0.5) is 0 Å². The molecule has 2 saturated heterocycles. The summed E-state index contributed by atoms with van der Waals surface area (Å²) in [6, 6.07) is -0.174. The number of likely N-dealkylation sites (N-methyl/N-ethyl adjacent to an activating group) is 2. The second kappa shape index (κ2) is 24.5. The van der Waals surface area contributed by atoms with Gasteiger partial charge in [-0.2, -0.15) is 0 Å². The number of likely N-dealkylation sites (tertiary alicyclic amines) is 1. The number of aliphatic hydroxyl groups is 1. The van der Waals surface area contributed by atoms with Crippen molar-refractivity contribution < 1.29 is 38.4 Å². The lowest BCUT2D eigenvalue weighted by molar-refractivity contribution is -0.284.